The highest BCUT2D eigenvalue weighted by Crippen LogP contribution is 2.24. The number of anilines is 1. The van der Waals surface area contributed by atoms with E-state index in [0.717, 1.165) is 11.3 Å². The summed E-state index contributed by atoms with van der Waals surface area (Å²) in [4.78, 5) is 32.6. The number of nitrogens with one attached hydrogen (secondary N) is 1. The zero-order chi connectivity index (χ0) is 27.1. The maximum Gasteiger partial charge on any atom is 0.246 e. The van der Waals surface area contributed by atoms with Crippen LogP contribution in [-0.4, -0.2) is 46.0 Å². The van der Waals surface area contributed by atoms with Crippen molar-refractivity contribution in [2.75, 3.05) is 19.0 Å². The summed E-state index contributed by atoms with van der Waals surface area (Å²) in [5.74, 6) is 0.236. The molecule has 4 rings (SSSR count). The van der Waals surface area contributed by atoms with Crippen LogP contribution >= 0.6 is 0 Å². The van der Waals surface area contributed by atoms with Crippen molar-refractivity contribution >= 4 is 17.8 Å². The van der Waals surface area contributed by atoms with E-state index in [-0.39, 0.29) is 30.8 Å². The molecule has 1 N–H and O–H groups in total. The molecule has 1 aromatic heterocycles. The van der Waals surface area contributed by atoms with E-state index in [1.165, 1.54) is 12.0 Å². The molecule has 0 atom stereocenters. The Hall–Kier alpha value is -4.90. The number of para-hydroxylation sites is 1. The van der Waals surface area contributed by atoms with Crippen LogP contribution < -0.4 is 10.1 Å². The van der Waals surface area contributed by atoms with E-state index in [2.05, 4.69) is 16.4 Å². The van der Waals surface area contributed by atoms with Gasteiger partial charge in [0.15, 0.2) is 0 Å². The van der Waals surface area contributed by atoms with Crippen molar-refractivity contribution in [1.29, 1.82) is 5.26 Å². The molecule has 3 aromatic carbocycles. The van der Waals surface area contributed by atoms with Crippen molar-refractivity contribution in [1.82, 2.24) is 14.5 Å². The number of aromatic nitrogens is 2. The molecule has 0 aliphatic heterocycles. The lowest BCUT2D eigenvalue weighted by Crippen LogP contribution is -2.43. The molecule has 2 amide bonds. The molecular weight excluding hydrogens is 478 g/mol. The first-order valence-electron chi connectivity index (χ1n) is 12.3. The van der Waals surface area contributed by atoms with Crippen LogP contribution in [0, 0.1) is 11.3 Å². The number of hydrogen-bond acceptors (Lipinski definition) is 5. The summed E-state index contributed by atoms with van der Waals surface area (Å²) in [6, 6.07) is 26.3. The second kappa shape index (κ2) is 11.9. The van der Waals surface area contributed by atoms with Gasteiger partial charge in [0.1, 0.15) is 18.4 Å². The molecule has 0 spiro atoms. The van der Waals surface area contributed by atoms with Crippen LogP contribution in [0.3, 0.4) is 0 Å². The number of nitriles is 1. The minimum absolute atomic E-state index is 0.0565. The Balaban J connectivity index is 1.53. The summed E-state index contributed by atoms with van der Waals surface area (Å²) >= 11 is 0. The Morgan fingerprint density at radius 1 is 1.05 bits per heavy atom. The fraction of sp³-hybridized carbons (Fsp3) is 0.200. The second-order valence-corrected chi connectivity index (χ2v) is 9.01. The third kappa shape index (κ3) is 6.08. The summed E-state index contributed by atoms with van der Waals surface area (Å²) in [5.41, 5.74) is 3.52. The van der Waals surface area contributed by atoms with Gasteiger partial charge in [-0.1, -0.05) is 54.6 Å². The van der Waals surface area contributed by atoms with E-state index in [4.69, 9.17) is 4.74 Å². The quantitative estimate of drug-likeness (QED) is 0.350. The van der Waals surface area contributed by atoms with Crippen LogP contribution in [0.2, 0.25) is 0 Å². The van der Waals surface area contributed by atoms with Crippen molar-refractivity contribution in [3.05, 3.63) is 96.2 Å². The predicted octanol–water partition coefficient (Wildman–Crippen LogP) is 4.84. The molecule has 0 aliphatic rings. The van der Waals surface area contributed by atoms with Gasteiger partial charge >= 0.3 is 0 Å². The zero-order valence-electron chi connectivity index (χ0n) is 21.6. The van der Waals surface area contributed by atoms with Gasteiger partial charge in [-0.2, -0.15) is 5.26 Å². The lowest BCUT2D eigenvalue weighted by molar-refractivity contribution is -0.135. The molecule has 192 valence electrons. The maximum absolute atomic E-state index is 13.2. The molecule has 0 bridgehead atoms. The van der Waals surface area contributed by atoms with Crippen LogP contribution in [0.4, 0.5) is 5.95 Å². The molecule has 4 aromatic rings. The van der Waals surface area contributed by atoms with E-state index in [9.17, 15) is 14.9 Å². The highest BCUT2D eigenvalue weighted by Gasteiger charge is 2.22. The first-order chi connectivity index (χ1) is 18.4. The smallest absolute Gasteiger partial charge is 0.246 e. The lowest BCUT2D eigenvalue weighted by atomic mass is 10.1. The average Bonchev–Trinajstić information content (AvgIpc) is 3.36. The van der Waals surface area contributed by atoms with Crippen LogP contribution in [0.1, 0.15) is 25.0 Å². The topological polar surface area (TPSA) is 100 Å². The summed E-state index contributed by atoms with van der Waals surface area (Å²) in [6.07, 6.45) is 1.93. The minimum Gasteiger partial charge on any atom is -0.495 e. The second-order valence-electron chi connectivity index (χ2n) is 9.01. The third-order valence-electron chi connectivity index (χ3n) is 6.06. The molecule has 0 fully saturated rings. The van der Waals surface area contributed by atoms with Crippen LogP contribution in [0.25, 0.3) is 16.9 Å². The molecule has 38 heavy (non-hydrogen) atoms. The standard InChI is InChI=1S/C30H29N5O3/c1-21(2)34(29(37)17-22-14-15-27(38-3)24(16-22)18-31)20-28(36)33-30-32-26(23-10-6-4-7-11-23)19-35(30)25-12-8-5-9-13-25/h4-16,19,21H,17,20H2,1-3H3,(H,32,33,36). The van der Waals surface area contributed by atoms with E-state index >= 15 is 0 Å². The van der Waals surface area contributed by atoms with Crippen LogP contribution in [0.15, 0.2) is 85.1 Å². The molecule has 0 unspecified atom stereocenters. The fourth-order valence-corrected chi connectivity index (χ4v) is 4.11. The first kappa shape index (κ1) is 26.2. The summed E-state index contributed by atoms with van der Waals surface area (Å²) < 4.78 is 7.01. The van der Waals surface area contributed by atoms with Gasteiger partial charge in [-0.3, -0.25) is 19.5 Å². The summed E-state index contributed by atoms with van der Waals surface area (Å²) in [7, 11) is 1.49. The fourth-order valence-electron chi connectivity index (χ4n) is 4.11. The predicted molar refractivity (Wildman–Crippen MR) is 146 cm³/mol. The molecular formula is C30H29N5O3. The number of imidazole rings is 1. The van der Waals surface area contributed by atoms with E-state index < -0.39 is 0 Å². The summed E-state index contributed by atoms with van der Waals surface area (Å²) in [5, 5.41) is 12.3. The molecule has 8 nitrogen and oxygen atoms in total. The van der Waals surface area contributed by atoms with E-state index in [0.29, 0.717) is 28.5 Å². The number of hydrogen-bond donors (Lipinski definition) is 1. The molecule has 0 saturated carbocycles. The number of benzene rings is 3. The number of ether oxygens (including phenoxy) is 1. The molecule has 0 saturated heterocycles. The van der Waals surface area contributed by atoms with Crippen LogP contribution in [-0.2, 0) is 16.0 Å². The lowest BCUT2D eigenvalue weighted by Gasteiger charge is -2.26. The SMILES string of the molecule is COc1ccc(CC(=O)N(CC(=O)Nc2nc(-c3ccccc3)cn2-c2ccccc2)C(C)C)cc1C#N. The highest BCUT2D eigenvalue weighted by atomic mass is 16.5. The van der Waals surface area contributed by atoms with Gasteiger partial charge < -0.3 is 9.64 Å². The van der Waals surface area contributed by atoms with Crippen LogP contribution in [0.5, 0.6) is 5.75 Å². The Bertz CT molecular complexity index is 1460. The van der Waals surface area contributed by atoms with Crippen molar-refractivity contribution in [3.8, 4) is 28.8 Å². The van der Waals surface area contributed by atoms with Gasteiger partial charge in [0.2, 0.25) is 17.8 Å². The Morgan fingerprint density at radius 3 is 2.37 bits per heavy atom. The van der Waals surface area contributed by atoms with Crippen molar-refractivity contribution < 1.29 is 14.3 Å². The van der Waals surface area contributed by atoms with Crippen molar-refractivity contribution in [2.24, 2.45) is 0 Å². The molecule has 0 radical (unpaired) electrons. The largest absolute Gasteiger partial charge is 0.495 e. The highest BCUT2D eigenvalue weighted by molar-refractivity contribution is 5.94. The van der Waals surface area contributed by atoms with E-state index in [1.807, 2.05) is 85.3 Å². The van der Waals surface area contributed by atoms with Gasteiger partial charge in [0.05, 0.1) is 24.8 Å². The Labute approximate surface area is 222 Å². The minimum atomic E-state index is -0.359. The molecule has 0 aliphatic carbocycles. The maximum atomic E-state index is 13.2. The van der Waals surface area contributed by atoms with Gasteiger partial charge in [0.25, 0.3) is 0 Å². The number of nitrogens with zero attached hydrogens (tertiary/aromatic N) is 4. The Morgan fingerprint density at radius 2 is 1.74 bits per heavy atom. The number of carbonyl (C=O) groups excluding carboxylic acids is 2. The first-order valence-corrected chi connectivity index (χ1v) is 12.3. The monoisotopic (exact) mass is 507 g/mol. The van der Waals surface area contributed by atoms with Gasteiger partial charge in [-0.25, -0.2) is 4.98 Å². The zero-order valence-corrected chi connectivity index (χ0v) is 21.6. The number of rotatable bonds is 9. The van der Waals surface area contributed by atoms with Gasteiger partial charge in [-0.05, 0) is 43.7 Å². The third-order valence-corrected chi connectivity index (χ3v) is 6.06. The summed E-state index contributed by atoms with van der Waals surface area (Å²) in [6.45, 7) is 3.58. The number of methoxy groups -OCH3 is 1. The van der Waals surface area contributed by atoms with Gasteiger partial charge in [-0.15, -0.1) is 0 Å². The normalized spacial score (nSPS) is 10.6. The number of amides is 2. The Kier molecular flexibility index (Phi) is 8.19. The average molecular weight is 508 g/mol. The molecule has 8 heteroatoms. The number of carbonyl (C=O) groups is 2. The molecule has 1 heterocycles. The van der Waals surface area contributed by atoms with Gasteiger partial charge in [0, 0.05) is 23.5 Å². The van der Waals surface area contributed by atoms with E-state index in [1.54, 1.807) is 18.2 Å². The van der Waals surface area contributed by atoms with Crippen molar-refractivity contribution in [2.45, 2.75) is 26.3 Å². The van der Waals surface area contributed by atoms with Crippen molar-refractivity contribution in [3.63, 3.8) is 0 Å².